The molecule has 1 aromatic carbocycles. The Kier molecular flexibility index (Phi) is 7.30. The molecule has 1 heterocycles. The van der Waals surface area contributed by atoms with E-state index in [1.54, 1.807) is 0 Å². The molecule has 0 amide bonds. The summed E-state index contributed by atoms with van der Waals surface area (Å²) in [6.07, 6.45) is 6.63. The molecule has 2 aliphatic carbocycles. The molecule has 1 aliphatic heterocycles. The number of ether oxygens (including phenoxy) is 2. The summed E-state index contributed by atoms with van der Waals surface area (Å²) in [4.78, 5) is 0. The fourth-order valence-electron chi connectivity index (χ4n) is 4.11. The molecule has 3 heteroatoms. The molecule has 2 spiro atoms. The van der Waals surface area contributed by atoms with Crippen LogP contribution in [0.15, 0.2) is 29.3 Å². The van der Waals surface area contributed by atoms with Crippen LogP contribution in [0.3, 0.4) is 0 Å². The highest BCUT2D eigenvalue weighted by Gasteiger charge is 2.49. The fraction of sp³-hybridized carbons (Fsp3) is 0.636. The minimum Gasteiger partial charge on any atom is -0.348 e. The Hall–Kier alpha value is -0.640. The molecule has 0 bridgehead atoms. The van der Waals surface area contributed by atoms with Gasteiger partial charge in [-0.05, 0) is 53.5 Å². The highest BCUT2D eigenvalue weighted by molar-refractivity contribution is 9.10. The highest BCUT2D eigenvalue weighted by atomic mass is 79.9. The monoisotopic (exact) mass is 408 g/mol. The first-order valence-corrected chi connectivity index (χ1v) is 10.6. The van der Waals surface area contributed by atoms with E-state index >= 15 is 0 Å². The Morgan fingerprint density at radius 3 is 2.16 bits per heavy atom. The lowest BCUT2D eigenvalue weighted by Crippen LogP contribution is -2.40. The van der Waals surface area contributed by atoms with Crippen LogP contribution in [-0.4, -0.2) is 19.0 Å². The van der Waals surface area contributed by atoms with E-state index in [2.05, 4.69) is 54.6 Å². The number of hydrogen-bond donors (Lipinski definition) is 0. The molecule has 2 nitrogen and oxygen atoms in total. The van der Waals surface area contributed by atoms with Gasteiger partial charge in [-0.2, -0.15) is 0 Å². The summed E-state index contributed by atoms with van der Waals surface area (Å²) in [5, 5.41) is 0. The van der Waals surface area contributed by atoms with Gasteiger partial charge in [0.25, 0.3) is 0 Å². The molecule has 2 fully saturated rings. The summed E-state index contributed by atoms with van der Waals surface area (Å²) in [6, 6.07) is 6.60. The third-order valence-corrected chi connectivity index (χ3v) is 5.84. The lowest BCUT2D eigenvalue weighted by atomic mass is 9.68. The van der Waals surface area contributed by atoms with Crippen LogP contribution >= 0.6 is 15.9 Å². The van der Waals surface area contributed by atoms with E-state index in [4.69, 9.17) is 9.47 Å². The van der Waals surface area contributed by atoms with Crippen molar-refractivity contribution in [3.8, 4) is 0 Å². The molecule has 1 saturated carbocycles. The molecule has 4 rings (SSSR count). The van der Waals surface area contributed by atoms with Crippen molar-refractivity contribution in [2.75, 3.05) is 13.2 Å². The molecule has 1 saturated heterocycles. The van der Waals surface area contributed by atoms with Crippen LogP contribution in [0, 0.1) is 5.41 Å². The lowest BCUT2D eigenvalue weighted by molar-refractivity contribution is -0.186. The Bertz CT molecular complexity index is 578. The number of rotatable bonds is 0. The largest absolute Gasteiger partial charge is 0.348 e. The van der Waals surface area contributed by atoms with Crippen molar-refractivity contribution >= 4 is 21.5 Å². The molecular weight excluding hydrogens is 376 g/mol. The van der Waals surface area contributed by atoms with Crippen molar-refractivity contribution in [2.24, 2.45) is 5.41 Å². The van der Waals surface area contributed by atoms with Crippen molar-refractivity contribution in [1.29, 1.82) is 0 Å². The number of hydrogen-bond acceptors (Lipinski definition) is 2. The van der Waals surface area contributed by atoms with E-state index < -0.39 is 0 Å². The van der Waals surface area contributed by atoms with E-state index in [0.717, 1.165) is 49.8 Å². The Balaban J connectivity index is 0.000000410. The summed E-state index contributed by atoms with van der Waals surface area (Å²) in [7, 11) is 0. The number of halogens is 1. The standard InChI is InChI=1S/C17H19BrO2.C3H8.C2H6/c1-12-15-10-14(18)3-2-13(15)11-16(12)4-6-17(7-5-16)19-8-9-20-17;1-3-2;1-2/h2-3,10H,1,4-9,11H2;3H2,1-2H3;1-2H3. The van der Waals surface area contributed by atoms with Crippen molar-refractivity contribution in [3.63, 3.8) is 0 Å². The van der Waals surface area contributed by atoms with Gasteiger partial charge < -0.3 is 9.47 Å². The smallest absolute Gasteiger partial charge is 0.168 e. The fourth-order valence-corrected chi connectivity index (χ4v) is 4.48. The quantitative estimate of drug-likeness (QED) is 0.471. The molecule has 0 N–H and O–H groups in total. The maximum absolute atomic E-state index is 5.86. The third kappa shape index (κ3) is 4.20. The van der Waals surface area contributed by atoms with Gasteiger partial charge in [0.05, 0.1) is 13.2 Å². The Morgan fingerprint density at radius 1 is 1.04 bits per heavy atom. The number of fused-ring (bicyclic) bond motifs is 1. The summed E-state index contributed by atoms with van der Waals surface area (Å²) < 4.78 is 12.9. The second-order valence-corrected chi connectivity index (χ2v) is 7.97. The molecule has 0 radical (unpaired) electrons. The van der Waals surface area contributed by atoms with E-state index in [9.17, 15) is 0 Å². The normalized spacial score (nSPS) is 22.0. The van der Waals surface area contributed by atoms with Crippen molar-refractivity contribution in [3.05, 3.63) is 40.4 Å². The zero-order valence-corrected chi connectivity index (χ0v) is 17.9. The van der Waals surface area contributed by atoms with Crippen LogP contribution in [-0.2, 0) is 15.9 Å². The number of benzene rings is 1. The van der Waals surface area contributed by atoms with Crippen molar-refractivity contribution in [1.82, 2.24) is 0 Å². The highest BCUT2D eigenvalue weighted by Crippen LogP contribution is 2.57. The average Bonchev–Trinajstić information content (AvgIpc) is 3.18. The van der Waals surface area contributed by atoms with Gasteiger partial charge in [0.15, 0.2) is 5.79 Å². The van der Waals surface area contributed by atoms with Crippen LogP contribution in [0.2, 0.25) is 0 Å². The van der Waals surface area contributed by atoms with Crippen LogP contribution in [0.4, 0.5) is 0 Å². The minimum absolute atomic E-state index is 0.240. The van der Waals surface area contributed by atoms with Crippen LogP contribution < -0.4 is 0 Å². The molecular formula is C22H33BrO2. The maximum atomic E-state index is 5.86. The topological polar surface area (TPSA) is 18.5 Å². The lowest BCUT2D eigenvalue weighted by Gasteiger charge is -2.42. The molecule has 25 heavy (non-hydrogen) atoms. The SMILES string of the molecule is C=C1c2cc(Br)ccc2CC12CCC1(CC2)OCCO1.CC.CCC. The molecule has 3 aliphatic rings. The first-order chi connectivity index (χ1) is 12.0. The summed E-state index contributed by atoms with van der Waals surface area (Å²) >= 11 is 3.57. The van der Waals surface area contributed by atoms with Crippen molar-refractivity contribution in [2.45, 2.75) is 72.0 Å². The average molecular weight is 409 g/mol. The first kappa shape index (κ1) is 20.7. The molecule has 1 aromatic rings. The summed E-state index contributed by atoms with van der Waals surface area (Å²) in [5.41, 5.74) is 4.36. The Morgan fingerprint density at radius 2 is 1.60 bits per heavy atom. The molecule has 0 aromatic heterocycles. The van der Waals surface area contributed by atoms with E-state index in [1.165, 1.54) is 23.1 Å². The second-order valence-electron chi connectivity index (χ2n) is 7.05. The van der Waals surface area contributed by atoms with E-state index in [-0.39, 0.29) is 11.2 Å². The van der Waals surface area contributed by atoms with Crippen LogP contribution in [0.25, 0.3) is 5.57 Å². The molecule has 0 unspecified atom stereocenters. The molecule has 0 atom stereocenters. The molecule has 140 valence electrons. The van der Waals surface area contributed by atoms with Crippen LogP contribution in [0.5, 0.6) is 0 Å². The second kappa shape index (κ2) is 8.83. The zero-order chi connectivity index (χ0) is 18.5. The van der Waals surface area contributed by atoms with Crippen molar-refractivity contribution < 1.29 is 9.47 Å². The summed E-state index contributed by atoms with van der Waals surface area (Å²) in [6.45, 7) is 14.2. The van der Waals surface area contributed by atoms with E-state index in [0.29, 0.717) is 0 Å². The first-order valence-electron chi connectivity index (χ1n) is 9.80. The van der Waals surface area contributed by atoms with Gasteiger partial charge in [0.1, 0.15) is 0 Å². The van der Waals surface area contributed by atoms with Gasteiger partial charge in [-0.15, -0.1) is 0 Å². The van der Waals surface area contributed by atoms with Gasteiger partial charge in [-0.1, -0.05) is 62.7 Å². The minimum atomic E-state index is -0.277. The van der Waals surface area contributed by atoms with Gasteiger partial charge in [-0.3, -0.25) is 0 Å². The zero-order valence-electron chi connectivity index (χ0n) is 16.3. The third-order valence-electron chi connectivity index (χ3n) is 5.35. The summed E-state index contributed by atoms with van der Waals surface area (Å²) in [5.74, 6) is -0.277. The van der Waals surface area contributed by atoms with Crippen LogP contribution in [0.1, 0.15) is 70.9 Å². The van der Waals surface area contributed by atoms with Gasteiger partial charge >= 0.3 is 0 Å². The maximum Gasteiger partial charge on any atom is 0.168 e. The van der Waals surface area contributed by atoms with E-state index in [1.807, 2.05) is 13.8 Å². The van der Waals surface area contributed by atoms with Gasteiger partial charge in [0.2, 0.25) is 0 Å². The Labute approximate surface area is 162 Å². The number of allylic oxidation sites excluding steroid dienone is 1. The predicted molar refractivity (Wildman–Crippen MR) is 110 cm³/mol. The van der Waals surface area contributed by atoms with Gasteiger partial charge in [0, 0.05) is 17.3 Å². The predicted octanol–water partition coefficient (Wildman–Crippen LogP) is 6.76. The van der Waals surface area contributed by atoms with Gasteiger partial charge in [-0.25, -0.2) is 0 Å².